The zero-order valence-electron chi connectivity index (χ0n) is 48.2. The Morgan fingerprint density at radius 2 is 0.870 bits per heavy atom. The summed E-state index contributed by atoms with van der Waals surface area (Å²) in [5.74, 6) is -0.254. The molecule has 14 nitrogen and oxygen atoms in total. The lowest BCUT2D eigenvalue weighted by Gasteiger charge is -2.46. The summed E-state index contributed by atoms with van der Waals surface area (Å²) in [7, 11) is 0. The van der Waals surface area contributed by atoms with Gasteiger partial charge in [-0.05, 0) is 70.6 Å². The quantitative estimate of drug-likeness (QED) is 0.0204. The fourth-order valence-electron chi connectivity index (χ4n) is 9.90. The van der Waals surface area contributed by atoms with Crippen molar-refractivity contribution in [1.29, 1.82) is 0 Å². The summed E-state index contributed by atoms with van der Waals surface area (Å²) in [6.45, 7) is 2.77. The van der Waals surface area contributed by atoms with Gasteiger partial charge in [0, 0.05) is 6.42 Å². The molecule has 77 heavy (non-hydrogen) atoms. The number of hydrogen-bond acceptors (Lipinski definition) is 13. The first-order chi connectivity index (χ1) is 37.6. The highest BCUT2D eigenvalue weighted by Gasteiger charge is 2.51. The zero-order chi connectivity index (χ0) is 56.0. The van der Waals surface area contributed by atoms with Crippen LogP contribution in [0.25, 0.3) is 0 Å². The van der Waals surface area contributed by atoms with Crippen molar-refractivity contribution in [2.45, 2.75) is 312 Å². The maximum Gasteiger partial charge on any atom is 0.220 e. The van der Waals surface area contributed by atoms with E-state index < -0.39 is 86.8 Å². The second kappa shape index (κ2) is 48.4. The second-order valence-electron chi connectivity index (χ2n) is 21.8. The van der Waals surface area contributed by atoms with E-state index >= 15 is 0 Å². The molecule has 12 atom stereocenters. The standard InChI is InChI=1S/C63H113NO13/c1-3-5-7-9-11-13-15-17-19-21-23-24-25-26-27-28-29-31-33-35-37-39-41-43-45-47-55(68)64-51(52(67)46-44-42-40-38-36-34-32-30-22-20-18-16-14-12-10-8-6-4-2)50-74-62-60(73)58(71)61(54(49-66)76-62)77-63-59(72)57(70)56(69)53(48-65)75-63/h15,17,21,23,25-26,36,38,44,46,51-54,56-63,65-67,69-73H,3-14,16,18-20,22,24,27-35,37,39-43,45,47-50H2,1-2H3,(H,64,68)/b17-15-,23-21-,26-25-,38-36+,46-44+. The largest absolute Gasteiger partial charge is 0.394 e. The van der Waals surface area contributed by atoms with E-state index in [1.807, 2.05) is 6.08 Å². The first-order valence-corrected chi connectivity index (χ1v) is 31.0. The number of aliphatic hydroxyl groups excluding tert-OH is 8. The molecular weight excluding hydrogens is 979 g/mol. The van der Waals surface area contributed by atoms with Gasteiger partial charge in [-0.2, -0.15) is 0 Å². The molecule has 2 rings (SSSR count). The van der Waals surface area contributed by atoms with Crippen LogP contribution in [0.5, 0.6) is 0 Å². The Bertz CT molecular complexity index is 1520. The molecule has 0 saturated carbocycles. The first kappa shape index (κ1) is 70.8. The molecule has 9 N–H and O–H groups in total. The van der Waals surface area contributed by atoms with E-state index in [0.717, 1.165) is 51.4 Å². The molecule has 0 aromatic heterocycles. The van der Waals surface area contributed by atoms with Crippen LogP contribution in [-0.4, -0.2) is 140 Å². The molecule has 0 bridgehead atoms. The van der Waals surface area contributed by atoms with Gasteiger partial charge in [0.1, 0.15) is 48.8 Å². The van der Waals surface area contributed by atoms with Crippen LogP contribution in [0, 0.1) is 0 Å². The van der Waals surface area contributed by atoms with Gasteiger partial charge in [-0.1, -0.05) is 222 Å². The van der Waals surface area contributed by atoms with Gasteiger partial charge < -0.3 is 65.1 Å². The van der Waals surface area contributed by atoms with Crippen molar-refractivity contribution in [1.82, 2.24) is 5.32 Å². The lowest BCUT2D eigenvalue weighted by atomic mass is 9.97. The third kappa shape index (κ3) is 33.9. The Morgan fingerprint density at radius 3 is 1.36 bits per heavy atom. The van der Waals surface area contributed by atoms with E-state index in [1.165, 1.54) is 154 Å². The SMILES string of the molecule is CCCCCCC/C=C\C/C=C\C/C=C\CCCCCCCCCCCCC(=O)NC(COC1OC(CO)C(OC2OC(CO)C(O)C(O)C2O)C(O)C1O)C(O)/C=C/CC/C=C/CCCCCCCCCCCCCC. The zero-order valence-corrected chi connectivity index (χ0v) is 48.2. The number of allylic oxidation sites excluding steroid dienone is 9. The molecule has 0 aromatic rings. The number of carbonyl (C=O) groups is 1. The van der Waals surface area contributed by atoms with Crippen LogP contribution < -0.4 is 5.32 Å². The lowest BCUT2D eigenvalue weighted by molar-refractivity contribution is -0.359. The Kier molecular flexibility index (Phi) is 44.5. The molecule has 0 aromatic carbocycles. The van der Waals surface area contributed by atoms with Gasteiger partial charge in [-0.15, -0.1) is 0 Å². The summed E-state index contributed by atoms with van der Waals surface area (Å²) in [5, 5.41) is 87.1. The normalized spacial score (nSPS) is 25.1. The van der Waals surface area contributed by atoms with Gasteiger partial charge in [0.15, 0.2) is 12.6 Å². The molecular formula is C63H113NO13. The van der Waals surface area contributed by atoms with Crippen molar-refractivity contribution in [2.75, 3.05) is 19.8 Å². The van der Waals surface area contributed by atoms with Crippen molar-refractivity contribution < 1.29 is 64.6 Å². The molecule has 0 aliphatic carbocycles. The first-order valence-electron chi connectivity index (χ1n) is 31.0. The maximum absolute atomic E-state index is 13.3. The van der Waals surface area contributed by atoms with E-state index in [2.05, 4.69) is 67.8 Å². The van der Waals surface area contributed by atoms with Crippen LogP contribution in [0.2, 0.25) is 0 Å². The third-order valence-corrected chi connectivity index (χ3v) is 14.9. The van der Waals surface area contributed by atoms with Crippen molar-refractivity contribution in [3.8, 4) is 0 Å². The summed E-state index contributed by atoms with van der Waals surface area (Å²) < 4.78 is 22.8. The lowest BCUT2D eigenvalue weighted by Crippen LogP contribution is -2.65. The summed E-state index contributed by atoms with van der Waals surface area (Å²) >= 11 is 0. The van der Waals surface area contributed by atoms with E-state index in [4.69, 9.17) is 18.9 Å². The Labute approximate surface area is 466 Å². The monoisotopic (exact) mass is 1090 g/mol. The predicted octanol–water partition coefficient (Wildman–Crippen LogP) is 10.9. The van der Waals surface area contributed by atoms with Gasteiger partial charge >= 0.3 is 0 Å². The molecule has 448 valence electrons. The fraction of sp³-hybridized carbons (Fsp3) is 0.825. The number of nitrogens with one attached hydrogen (secondary N) is 1. The number of carbonyl (C=O) groups excluding carboxylic acids is 1. The van der Waals surface area contributed by atoms with E-state index in [9.17, 15) is 45.6 Å². The molecule has 12 unspecified atom stereocenters. The highest BCUT2D eigenvalue weighted by Crippen LogP contribution is 2.30. The highest BCUT2D eigenvalue weighted by molar-refractivity contribution is 5.76. The summed E-state index contributed by atoms with van der Waals surface area (Å²) in [6, 6.07) is -0.936. The molecule has 1 amide bonds. The molecule has 0 spiro atoms. The maximum atomic E-state index is 13.3. The Hall–Kier alpha value is -2.31. The average molecular weight is 1090 g/mol. The number of ether oxygens (including phenoxy) is 4. The van der Waals surface area contributed by atoms with Crippen molar-refractivity contribution in [2.24, 2.45) is 0 Å². The highest BCUT2D eigenvalue weighted by atomic mass is 16.7. The van der Waals surface area contributed by atoms with Gasteiger partial charge in [0.05, 0.1) is 32.0 Å². The summed E-state index contributed by atoms with van der Waals surface area (Å²) in [5.41, 5.74) is 0. The minimum absolute atomic E-state index is 0.254. The van der Waals surface area contributed by atoms with Gasteiger partial charge in [0.25, 0.3) is 0 Å². The number of aliphatic hydroxyl groups is 8. The number of hydrogen-bond donors (Lipinski definition) is 9. The van der Waals surface area contributed by atoms with Crippen LogP contribution in [-0.2, 0) is 23.7 Å². The molecule has 2 aliphatic heterocycles. The van der Waals surface area contributed by atoms with E-state index in [1.54, 1.807) is 6.08 Å². The Morgan fingerprint density at radius 1 is 0.468 bits per heavy atom. The van der Waals surface area contributed by atoms with Crippen LogP contribution in [0.4, 0.5) is 0 Å². The van der Waals surface area contributed by atoms with Crippen LogP contribution in [0.15, 0.2) is 60.8 Å². The van der Waals surface area contributed by atoms with E-state index in [0.29, 0.717) is 12.8 Å². The molecule has 2 fully saturated rings. The van der Waals surface area contributed by atoms with Crippen molar-refractivity contribution in [3.05, 3.63) is 60.8 Å². The van der Waals surface area contributed by atoms with Crippen LogP contribution in [0.3, 0.4) is 0 Å². The smallest absolute Gasteiger partial charge is 0.220 e. The number of rotatable bonds is 49. The third-order valence-electron chi connectivity index (χ3n) is 14.9. The van der Waals surface area contributed by atoms with Gasteiger partial charge in [-0.3, -0.25) is 4.79 Å². The van der Waals surface area contributed by atoms with E-state index in [-0.39, 0.29) is 18.9 Å². The summed E-state index contributed by atoms with van der Waals surface area (Å²) in [6.07, 6.45) is 45.4. The Balaban J connectivity index is 1.76. The fourth-order valence-corrected chi connectivity index (χ4v) is 9.90. The molecule has 2 heterocycles. The van der Waals surface area contributed by atoms with Gasteiger partial charge in [0.2, 0.25) is 5.91 Å². The summed E-state index contributed by atoms with van der Waals surface area (Å²) in [4.78, 5) is 13.3. The molecule has 14 heteroatoms. The molecule has 2 saturated heterocycles. The molecule has 2 aliphatic rings. The molecule has 0 radical (unpaired) electrons. The average Bonchev–Trinajstić information content (AvgIpc) is 3.44. The second-order valence-corrected chi connectivity index (χ2v) is 21.8. The van der Waals surface area contributed by atoms with Crippen LogP contribution in [0.1, 0.15) is 239 Å². The minimum Gasteiger partial charge on any atom is -0.394 e. The van der Waals surface area contributed by atoms with Crippen LogP contribution >= 0.6 is 0 Å². The number of amides is 1. The minimum atomic E-state index is -1.79. The topological polar surface area (TPSA) is 228 Å². The number of unbranched alkanes of at least 4 members (excludes halogenated alkanes) is 28. The predicted molar refractivity (Wildman–Crippen MR) is 309 cm³/mol. The van der Waals surface area contributed by atoms with Gasteiger partial charge in [-0.25, -0.2) is 0 Å². The van der Waals surface area contributed by atoms with Crippen molar-refractivity contribution >= 4 is 5.91 Å². The van der Waals surface area contributed by atoms with Crippen molar-refractivity contribution in [3.63, 3.8) is 0 Å².